The summed E-state index contributed by atoms with van der Waals surface area (Å²) in [5, 5.41) is 11.0. The molecule has 0 rings (SSSR count). The standard InChI is InChI=1S/C9H17F3N2O2/c1-5(2)6(4-15)14-7(16)8(3,13)9(10,11)12/h5-6,15H,4,13H2,1-3H3,(H,14,16). The maximum absolute atomic E-state index is 12.4. The maximum atomic E-state index is 12.4. The quantitative estimate of drug-likeness (QED) is 0.668. The number of carbonyl (C=O) groups is 1. The number of halogens is 3. The van der Waals surface area contributed by atoms with Gasteiger partial charge in [-0.3, -0.25) is 4.79 Å². The fourth-order valence-corrected chi connectivity index (χ4v) is 0.870. The summed E-state index contributed by atoms with van der Waals surface area (Å²) < 4.78 is 37.2. The SMILES string of the molecule is CC(C)C(CO)NC(=O)C(C)(N)C(F)(F)F. The predicted octanol–water partition coefficient (Wildman–Crippen LogP) is 0.399. The van der Waals surface area contributed by atoms with Gasteiger partial charge in [0, 0.05) is 0 Å². The Bertz CT molecular complexity index is 252. The van der Waals surface area contributed by atoms with Crippen LogP contribution in [0.25, 0.3) is 0 Å². The molecule has 7 heteroatoms. The summed E-state index contributed by atoms with van der Waals surface area (Å²) in [7, 11) is 0. The Morgan fingerprint density at radius 3 is 2.12 bits per heavy atom. The Labute approximate surface area is 92.0 Å². The first-order valence-electron chi connectivity index (χ1n) is 4.81. The van der Waals surface area contributed by atoms with Gasteiger partial charge in [-0.1, -0.05) is 13.8 Å². The number of hydrogen-bond acceptors (Lipinski definition) is 3. The molecule has 0 aromatic rings. The van der Waals surface area contributed by atoms with Gasteiger partial charge in [-0.05, 0) is 12.8 Å². The van der Waals surface area contributed by atoms with Crippen LogP contribution in [0.5, 0.6) is 0 Å². The number of nitrogens with one attached hydrogen (secondary N) is 1. The van der Waals surface area contributed by atoms with Crippen molar-refractivity contribution in [2.24, 2.45) is 11.7 Å². The van der Waals surface area contributed by atoms with Crippen LogP contribution in [0.2, 0.25) is 0 Å². The summed E-state index contributed by atoms with van der Waals surface area (Å²) in [6.45, 7) is 3.50. The van der Waals surface area contributed by atoms with Crippen molar-refractivity contribution in [1.82, 2.24) is 5.32 Å². The third-order valence-electron chi connectivity index (χ3n) is 2.38. The molecule has 0 radical (unpaired) electrons. The lowest BCUT2D eigenvalue weighted by atomic mass is 9.99. The Kier molecular flexibility index (Phi) is 4.75. The number of hydrogen-bond donors (Lipinski definition) is 3. The van der Waals surface area contributed by atoms with Gasteiger partial charge >= 0.3 is 6.18 Å². The van der Waals surface area contributed by atoms with E-state index in [4.69, 9.17) is 10.8 Å². The van der Waals surface area contributed by atoms with Crippen molar-refractivity contribution in [2.45, 2.75) is 38.5 Å². The number of aliphatic hydroxyl groups is 1. The first-order chi connectivity index (χ1) is 7.04. The van der Waals surface area contributed by atoms with Crippen molar-refractivity contribution in [2.75, 3.05) is 6.61 Å². The van der Waals surface area contributed by atoms with Crippen LogP contribution in [0.1, 0.15) is 20.8 Å². The minimum Gasteiger partial charge on any atom is -0.394 e. The molecule has 0 aliphatic heterocycles. The van der Waals surface area contributed by atoms with Crippen molar-refractivity contribution in [3.63, 3.8) is 0 Å². The normalized spacial score (nSPS) is 18.1. The van der Waals surface area contributed by atoms with Crippen LogP contribution in [0.4, 0.5) is 13.2 Å². The molecule has 0 bridgehead atoms. The van der Waals surface area contributed by atoms with E-state index in [-0.39, 0.29) is 5.92 Å². The van der Waals surface area contributed by atoms with Gasteiger partial charge in [0.1, 0.15) is 0 Å². The van der Waals surface area contributed by atoms with Gasteiger partial charge in [0.2, 0.25) is 5.91 Å². The zero-order chi connectivity index (χ0) is 13.1. The molecule has 0 aromatic carbocycles. The molecule has 1 amide bonds. The van der Waals surface area contributed by atoms with Gasteiger partial charge in [0.25, 0.3) is 0 Å². The van der Waals surface area contributed by atoms with Crippen LogP contribution in [-0.2, 0) is 4.79 Å². The molecule has 0 heterocycles. The highest BCUT2D eigenvalue weighted by Gasteiger charge is 2.54. The fraction of sp³-hybridized carbons (Fsp3) is 0.889. The average molecular weight is 242 g/mol. The van der Waals surface area contributed by atoms with Gasteiger partial charge in [-0.2, -0.15) is 13.2 Å². The third-order valence-corrected chi connectivity index (χ3v) is 2.38. The molecular formula is C9H17F3N2O2. The van der Waals surface area contributed by atoms with Gasteiger partial charge in [-0.15, -0.1) is 0 Å². The van der Waals surface area contributed by atoms with Crippen molar-refractivity contribution in [3.05, 3.63) is 0 Å². The molecule has 0 aliphatic carbocycles. The highest BCUT2D eigenvalue weighted by molar-refractivity contribution is 5.86. The minimum absolute atomic E-state index is 0.182. The van der Waals surface area contributed by atoms with Crippen molar-refractivity contribution < 1.29 is 23.1 Å². The molecule has 0 aliphatic rings. The van der Waals surface area contributed by atoms with Crippen LogP contribution in [0.3, 0.4) is 0 Å². The van der Waals surface area contributed by atoms with Crippen molar-refractivity contribution in [3.8, 4) is 0 Å². The van der Waals surface area contributed by atoms with Gasteiger partial charge in [0.05, 0.1) is 12.6 Å². The van der Waals surface area contributed by atoms with E-state index < -0.39 is 30.3 Å². The largest absolute Gasteiger partial charge is 0.415 e. The van der Waals surface area contributed by atoms with E-state index in [1.807, 2.05) is 0 Å². The lowest BCUT2D eigenvalue weighted by molar-refractivity contribution is -0.188. The summed E-state index contributed by atoms with van der Waals surface area (Å²) in [5.74, 6) is -1.52. The molecule has 0 saturated heterocycles. The van der Waals surface area contributed by atoms with E-state index in [1.165, 1.54) is 0 Å². The number of rotatable bonds is 4. The average Bonchev–Trinajstić information content (AvgIpc) is 2.11. The molecule has 0 saturated carbocycles. The summed E-state index contributed by atoms with van der Waals surface area (Å²) in [6, 6.07) is -0.738. The molecule has 0 fully saturated rings. The van der Waals surface area contributed by atoms with Crippen LogP contribution in [-0.4, -0.2) is 35.4 Å². The lowest BCUT2D eigenvalue weighted by Gasteiger charge is -2.29. The molecule has 2 unspecified atom stereocenters. The number of aliphatic hydroxyl groups excluding tert-OH is 1. The van der Waals surface area contributed by atoms with E-state index in [0.717, 1.165) is 0 Å². The molecule has 0 spiro atoms. The van der Waals surface area contributed by atoms with Crippen LogP contribution in [0.15, 0.2) is 0 Å². The molecule has 96 valence electrons. The van der Waals surface area contributed by atoms with E-state index in [9.17, 15) is 18.0 Å². The van der Waals surface area contributed by atoms with Crippen LogP contribution >= 0.6 is 0 Å². The predicted molar refractivity (Wildman–Crippen MR) is 52.5 cm³/mol. The molecule has 4 nitrogen and oxygen atoms in total. The Morgan fingerprint density at radius 2 is 1.88 bits per heavy atom. The zero-order valence-corrected chi connectivity index (χ0v) is 9.43. The first-order valence-corrected chi connectivity index (χ1v) is 4.81. The Balaban J connectivity index is 4.70. The second-order valence-electron chi connectivity index (χ2n) is 4.21. The third kappa shape index (κ3) is 3.34. The number of alkyl halides is 3. The molecule has 4 N–H and O–H groups in total. The second kappa shape index (κ2) is 5.01. The highest BCUT2D eigenvalue weighted by Crippen LogP contribution is 2.28. The molecule has 2 atom stereocenters. The fourth-order valence-electron chi connectivity index (χ4n) is 0.870. The monoisotopic (exact) mass is 242 g/mol. The summed E-state index contributed by atoms with van der Waals surface area (Å²) in [5.41, 5.74) is 1.97. The Morgan fingerprint density at radius 1 is 1.44 bits per heavy atom. The van der Waals surface area contributed by atoms with E-state index in [0.29, 0.717) is 6.92 Å². The van der Waals surface area contributed by atoms with E-state index in [1.54, 1.807) is 13.8 Å². The number of carbonyl (C=O) groups excluding carboxylic acids is 1. The minimum atomic E-state index is -4.83. The highest BCUT2D eigenvalue weighted by atomic mass is 19.4. The number of nitrogens with two attached hydrogens (primary N) is 1. The van der Waals surface area contributed by atoms with Gasteiger partial charge < -0.3 is 16.2 Å². The summed E-state index contributed by atoms with van der Waals surface area (Å²) >= 11 is 0. The smallest absolute Gasteiger partial charge is 0.394 e. The first kappa shape index (κ1) is 15.2. The van der Waals surface area contributed by atoms with E-state index >= 15 is 0 Å². The molecular weight excluding hydrogens is 225 g/mol. The Hall–Kier alpha value is -0.820. The van der Waals surface area contributed by atoms with Crippen molar-refractivity contribution >= 4 is 5.91 Å². The van der Waals surface area contributed by atoms with Crippen LogP contribution in [0, 0.1) is 5.92 Å². The summed E-state index contributed by atoms with van der Waals surface area (Å²) in [4.78, 5) is 11.3. The zero-order valence-electron chi connectivity index (χ0n) is 9.43. The molecule has 0 aromatic heterocycles. The summed E-state index contributed by atoms with van der Waals surface area (Å²) in [6.07, 6.45) is -4.83. The van der Waals surface area contributed by atoms with Crippen LogP contribution < -0.4 is 11.1 Å². The van der Waals surface area contributed by atoms with E-state index in [2.05, 4.69) is 5.32 Å². The van der Waals surface area contributed by atoms with Crippen molar-refractivity contribution in [1.29, 1.82) is 0 Å². The van der Waals surface area contributed by atoms with Gasteiger partial charge in [-0.25, -0.2) is 0 Å². The maximum Gasteiger partial charge on any atom is 0.415 e. The second-order valence-corrected chi connectivity index (χ2v) is 4.21. The molecule has 16 heavy (non-hydrogen) atoms. The lowest BCUT2D eigenvalue weighted by Crippen LogP contribution is -2.63. The van der Waals surface area contributed by atoms with Gasteiger partial charge in [0.15, 0.2) is 5.54 Å². The number of amides is 1. The topological polar surface area (TPSA) is 75.3 Å².